The average molecular weight is 341 g/mol. The summed E-state index contributed by atoms with van der Waals surface area (Å²) >= 11 is 0. The second-order valence-electron chi connectivity index (χ2n) is 5.10. The molecule has 0 aliphatic rings. The molecular weight excluding hydrogens is 326 g/mol. The first-order chi connectivity index (χ1) is 11.6. The first-order valence-corrected chi connectivity index (χ1v) is 8.64. The number of hydrogen-bond acceptors (Lipinski definition) is 6. The summed E-state index contributed by atoms with van der Waals surface area (Å²) < 4.78 is 26.5. The molecule has 8 heteroatoms. The minimum absolute atomic E-state index is 0.180. The van der Waals surface area contributed by atoms with Gasteiger partial charge in [-0.1, -0.05) is 24.3 Å². The standard InChI is InChI=1S/C16H15N5O2S/c1-2-6-13(20-17)15-11-18-16-14(19-15)9-10-21(16)24(22,23)12-7-4-3-5-8-12/h2-5,7-11,13,17H,1,6H2. The zero-order valence-corrected chi connectivity index (χ0v) is 13.5. The normalized spacial score (nSPS) is 12.8. The van der Waals surface area contributed by atoms with Gasteiger partial charge in [0.15, 0.2) is 5.65 Å². The molecule has 2 aromatic heterocycles. The summed E-state index contributed by atoms with van der Waals surface area (Å²) in [5.41, 5.74) is 8.42. The third-order valence-electron chi connectivity index (χ3n) is 3.56. The molecule has 0 spiro atoms. The Hall–Kier alpha value is -2.87. The van der Waals surface area contributed by atoms with E-state index in [1.165, 1.54) is 24.5 Å². The van der Waals surface area contributed by atoms with Gasteiger partial charge in [0.05, 0.1) is 16.8 Å². The van der Waals surface area contributed by atoms with Crippen molar-refractivity contribution in [3.05, 3.63) is 67.1 Å². The SMILES string of the molecule is C=CCC(N=N)c1cnc2c(ccn2S(=O)(=O)c2ccccc2)n1. The molecule has 3 rings (SSSR count). The van der Waals surface area contributed by atoms with Gasteiger partial charge in [-0.05, 0) is 24.6 Å². The van der Waals surface area contributed by atoms with E-state index in [1.807, 2.05) is 0 Å². The Bertz CT molecular complexity index is 996. The first kappa shape index (κ1) is 16.0. The molecule has 1 unspecified atom stereocenters. The lowest BCUT2D eigenvalue weighted by Crippen LogP contribution is -2.12. The zero-order valence-electron chi connectivity index (χ0n) is 12.7. The summed E-state index contributed by atoms with van der Waals surface area (Å²) in [6.07, 6.45) is 5.00. The monoisotopic (exact) mass is 341 g/mol. The minimum Gasteiger partial charge on any atom is -0.245 e. The Morgan fingerprint density at radius 1 is 1.29 bits per heavy atom. The molecule has 3 aromatic rings. The lowest BCUT2D eigenvalue weighted by Gasteiger charge is -2.09. The van der Waals surface area contributed by atoms with E-state index in [0.29, 0.717) is 17.6 Å². The molecule has 0 fully saturated rings. The van der Waals surface area contributed by atoms with Crippen LogP contribution >= 0.6 is 0 Å². The summed E-state index contributed by atoms with van der Waals surface area (Å²) in [6.45, 7) is 3.63. The Labute approximate surface area is 139 Å². The van der Waals surface area contributed by atoms with Crippen LogP contribution in [0.25, 0.3) is 11.2 Å². The summed E-state index contributed by atoms with van der Waals surface area (Å²) in [5.74, 6) is 0. The fourth-order valence-electron chi connectivity index (χ4n) is 2.36. The van der Waals surface area contributed by atoms with E-state index < -0.39 is 16.1 Å². The number of hydrogen-bond donors (Lipinski definition) is 1. The molecule has 24 heavy (non-hydrogen) atoms. The van der Waals surface area contributed by atoms with Crippen LogP contribution in [-0.2, 0) is 10.0 Å². The van der Waals surface area contributed by atoms with Crippen molar-refractivity contribution in [3.63, 3.8) is 0 Å². The molecule has 0 saturated heterocycles. The van der Waals surface area contributed by atoms with Gasteiger partial charge in [0.25, 0.3) is 10.0 Å². The smallest absolute Gasteiger partial charge is 0.245 e. The van der Waals surface area contributed by atoms with Crippen molar-refractivity contribution in [1.29, 1.82) is 5.53 Å². The number of benzene rings is 1. The largest absolute Gasteiger partial charge is 0.269 e. The second-order valence-corrected chi connectivity index (χ2v) is 6.92. The highest BCUT2D eigenvalue weighted by Crippen LogP contribution is 2.23. The summed E-state index contributed by atoms with van der Waals surface area (Å²) in [6, 6.07) is 9.26. The van der Waals surface area contributed by atoms with E-state index in [0.717, 1.165) is 3.97 Å². The summed E-state index contributed by atoms with van der Waals surface area (Å²) in [7, 11) is -3.73. The van der Waals surface area contributed by atoms with E-state index >= 15 is 0 Å². The van der Waals surface area contributed by atoms with E-state index in [-0.39, 0.29) is 10.5 Å². The van der Waals surface area contributed by atoms with Crippen LogP contribution in [0.1, 0.15) is 18.2 Å². The molecule has 7 nitrogen and oxygen atoms in total. The quantitative estimate of drug-likeness (QED) is 0.549. The van der Waals surface area contributed by atoms with Crippen LogP contribution in [0.3, 0.4) is 0 Å². The van der Waals surface area contributed by atoms with E-state index in [4.69, 9.17) is 5.53 Å². The topological polar surface area (TPSA) is 101 Å². The zero-order chi connectivity index (χ0) is 17.2. The Balaban J connectivity index is 2.09. The van der Waals surface area contributed by atoms with Crippen LogP contribution in [0.4, 0.5) is 0 Å². The highest BCUT2D eigenvalue weighted by molar-refractivity contribution is 7.90. The predicted octanol–water partition coefficient (Wildman–Crippen LogP) is 3.32. The molecule has 1 N–H and O–H groups in total. The molecule has 2 heterocycles. The van der Waals surface area contributed by atoms with Gasteiger partial charge in [-0.25, -0.2) is 27.9 Å². The molecule has 0 bridgehead atoms. The Morgan fingerprint density at radius 3 is 2.71 bits per heavy atom. The summed E-state index contributed by atoms with van der Waals surface area (Å²) in [5, 5.41) is 3.51. The number of nitrogens with zero attached hydrogens (tertiary/aromatic N) is 4. The van der Waals surface area contributed by atoms with Gasteiger partial charge < -0.3 is 0 Å². The van der Waals surface area contributed by atoms with Gasteiger partial charge in [0, 0.05) is 6.20 Å². The fraction of sp³-hybridized carbons (Fsp3) is 0.125. The van der Waals surface area contributed by atoms with E-state index in [2.05, 4.69) is 21.7 Å². The molecule has 1 atom stereocenters. The Morgan fingerprint density at radius 2 is 2.04 bits per heavy atom. The van der Waals surface area contributed by atoms with Crippen LogP contribution < -0.4 is 0 Å². The second kappa shape index (κ2) is 6.32. The highest BCUT2D eigenvalue weighted by atomic mass is 32.2. The molecule has 0 aliphatic heterocycles. The lowest BCUT2D eigenvalue weighted by atomic mass is 10.1. The maximum Gasteiger partial charge on any atom is 0.269 e. The molecule has 122 valence electrons. The molecular formula is C16H15N5O2S. The van der Waals surface area contributed by atoms with Crippen molar-refractivity contribution >= 4 is 21.2 Å². The summed E-state index contributed by atoms with van der Waals surface area (Å²) in [4.78, 5) is 8.79. The maximum absolute atomic E-state index is 12.7. The molecule has 0 saturated carbocycles. The van der Waals surface area contributed by atoms with Crippen molar-refractivity contribution in [3.8, 4) is 0 Å². The van der Waals surface area contributed by atoms with Crippen molar-refractivity contribution in [2.24, 2.45) is 5.11 Å². The lowest BCUT2D eigenvalue weighted by molar-refractivity contribution is 0.588. The maximum atomic E-state index is 12.7. The molecule has 0 amide bonds. The molecule has 0 radical (unpaired) electrons. The number of fused-ring (bicyclic) bond motifs is 1. The number of rotatable bonds is 6. The average Bonchev–Trinajstić information content (AvgIpc) is 3.04. The van der Waals surface area contributed by atoms with Gasteiger partial charge in [-0.15, -0.1) is 6.58 Å². The van der Waals surface area contributed by atoms with Crippen LogP contribution in [0, 0.1) is 5.53 Å². The van der Waals surface area contributed by atoms with Gasteiger partial charge in [-0.3, -0.25) is 0 Å². The van der Waals surface area contributed by atoms with Crippen molar-refractivity contribution in [2.75, 3.05) is 0 Å². The predicted molar refractivity (Wildman–Crippen MR) is 89.3 cm³/mol. The van der Waals surface area contributed by atoms with Crippen LogP contribution in [0.2, 0.25) is 0 Å². The van der Waals surface area contributed by atoms with Crippen molar-refractivity contribution in [1.82, 2.24) is 13.9 Å². The van der Waals surface area contributed by atoms with Gasteiger partial charge in [0.2, 0.25) is 0 Å². The third-order valence-corrected chi connectivity index (χ3v) is 5.24. The minimum atomic E-state index is -3.73. The van der Waals surface area contributed by atoms with Gasteiger partial charge in [-0.2, -0.15) is 5.11 Å². The van der Waals surface area contributed by atoms with E-state index in [9.17, 15) is 8.42 Å². The Kier molecular flexibility index (Phi) is 4.22. The van der Waals surface area contributed by atoms with Crippen LogP contribution in [0.15, 0.2) is 71.5 Å². The van der Waals surface area contributed by atoms with Crippen molar-refractivity contribution in [2.45, 2.75) is 17.4 Å². The van der Waals surface area contributed by atoms with Crippen LogP contribution in [-0.4, -0.2) is 22.4 Å². The van der Waals surface area contributed by atoms with Crippen LogP contribution in [0.5, 0.6) is 0 Å². The number of nitrogens with one attached hydrogen (secondary N) is 1. The molecule has 1 aromatic carbocycles. The first-order valence-electron chi connectivity index (χ1n) is 7.20. The van der Waals surface area contributed by atoms with Gasteiger partial charge >= 0.3 is 0 Å². The van der Waals surface area contributed by atoms with E-state index in [1.54, 1.807) is 30.3 Å². The fourth-order valence-corrected chi connectivity index (χ4v) is 3.68. The van der Waals surface area contributed by atoms with Crippen molar-refractivity contribution < 1.29 is 8.42 Å². The third kappa shape index (κ3) is 2.71. The van der Waals surface area contributed by atoms with Gasteiger partial charge in [0.1, 0.15) is 11.6 Å². The number of aromatic nitrogens is 3. The molecule has 0 aliphatic carbocycles. The highest BCUT2D eigenvalue weighted by Gasteiger charge is 2.21.